The van der Waals surface area contributed by atoms with Crippen molar-refractivity contribution in [2.24, 2.45) is 0 Å². The van der Waals surface area contributed by atoms with Crippen LogP contribution in [0.4, 0.5) is 5.82 Å². The van der Waals surface area contributed by atoms with Gasteiger partial charge in [0.05, 0.1) is 19.0 Å². The number of aromatic nitrogens is 4. The summed E-state index contributed by atoms with van der Waals surface area (Å²) in [5, 5.41) is 13.1. The Morgan fingerprint density at radius 3 is 2.57 bits per heavy atom. The average molecular weight is 524 g/mol. The molecule has 13 heteroatoms. The first kappa shape index (κ1) is 27.0. The van der Waals surface area contributed by atoms with Crippen LogP contribution in [0.2, 0.25) is 5.02 Å². The van der Waals surface area contributed by atoms with Gasteiger partial charge in [-0.3, -0.25) is 9.36 Å². The molecule has 190 valence electrons. The second-order valence-corrected chi connectivity index (χ2v) is 11.9. The van der Waals surface area contributed by atoms with Gasteiger partial charge in [-0.25, -0.2) is 24.7 Å². The number of imidazole rings is 1. The van der Waals surface area contributed by atoms with E-state index in [9.17, 15) is 14.5 Å². The number of hydrogen-bond acceptors (Lipinski definition) is 7. The van der Waals surface area contributed by atoms with Crippen LogP contribution in [0, 0.1) is 0 Å². The number of aliphatic carboxylic acids is 1. The van der Waals surface area contributed by atoms with E-state index in [1.807, 2.05) is 26.0 Å². The molecule has 4 N–H and O–H groups in total. The zero-order chi connectivity index (χ0) is 26.0. The van der Waals surface area contributed by atoms with Gasteiger partial charge in [-0.15, -0.1) is 0 Å². The summed E-state index contributed by atoms with van der Waals surface area (Å²) in [7, 11) is -1.86. The van der Waals surface area contributed by atoms with E-state index in [1.54, 1.807) is 34.7 Å². The number of anilines is 1. The number of nitrogens with one attached hydrogen (secondary N) is 1. The number of hydrogen-bond donors (Lipinski definition) is 3. The zero-order valence-electron chi connectivity index (χ0n) is 20.3. The van der Waals surface area contributed by atoms with Crippen LogP contribution >= 0.6 is 19.0 Å². The van der Waals surface area contributed by atoms with Gasteiger partial charge in [-0.2, -0.15) is 0 Å². The highest BCUT2D eigenvalue weighted by Crippen LogP contribution is 2.51. The Balaban J connectivity index is 1.80. The number of ether oxygens (including phenoxy) is 1. The molecular formula is C22H31ClN7O4P. The lowest BCUT2D eigenvalue weighted by molar-refractivity contribution is -0.142. The van der Waals surface area contributed by atoms with E-state index in [4.69, 9.17) is 22.1 Å². The Hall–Kier alpha value is -2.56. The topological polar surface area (TPSA) is 148 Å². The number of carboxylic acid groups (broad SMARTS) is 1. The summed E-state index contributed by atoms with van der Waals surface area (Å²) in [5.74, 6) is -0.842. The number of fused-ring (bicyclic) bond motifs is 1. The van der Waals surface area contributed by atoms with Gasteiger partial charge in [0.2, 0.25) is 7.44 Å². The van der Waals surface area contributed by atoms with Gasteiger partial charge in [0, 0.05) is 11.1 Å². The highest BCUT2D eigenvalue weighted by Gasteiger charge is 2.40. The first-order chi connectivity index (χ1) is 16.3. The van der Waals surface area contributed by atoms with Crippen molar-refractivity contribution in [3.05, 3.63) is 47.5 Å². The molecule has 0 aliphatic heterocycles. The maximum absolute atomic E-state index is 14.2. The highest BCUT2D eigenvalue weighted by molar-refractivity contribution is 7.59. The van der Waals surface area contributed by atoms with Crippen molar-refractivity contribution in [3.63, 3.8) is 0 Å². The predicted octanol–water partition coefficient (Wildman–Crippen LogP) is 3.76. The van der Waals surface area contributed by atoms with Crippen molar-refractivity contribution in [1.82, 2.24) is 29.3 Å². The third-order valence-electron chi connectivity index (χ3n) is 5.83. The van der Waals surface area contributed by atoms with Crippen molar-refractivity contribution in [2.45, 2.75) is 51.9 Å². The molecule has 0 bridgehead atoms. The van der Waals surface area contributed by atoms with E-state index in [2.05, 4.69) is 20.0 Å². The van der Waals surface area contributed by atoms with Gasteiger partial charge in [0.25, 0.3) is 0 Å². The molecule has 0 amide bonds. The first-order valence-electron chi connectivity index (χ1n) is 11.0. The summed E-state index contributed by atoms with van der Waals surface area (Å²) in [4.78, 5) is 24.2. The maximum Gasteiger partial charge on any atom is 0.323 e. The zero-order valence-corrected chi connectivity index (χ0v) is 22.0. The molecule has 2 heterocycles. The minimum Gasteiger partial charge on any atom is -0.480 e. The Labute approximate surface area is 209 Å². The summed E-state index contributed by atoms with van der Waals surface area (Å²) >= 11 is 6.01. The largest absolute Gasteiger partial charge is 0.480 e. The number of halogens is 1. The molecule has 0 saturated carbocycles. The van der Waals surface area contributed by atoms with Crippen molar-refractivity contribution >= 4 is 42.0 Å². The molecule has 0 saturated heterocycles. The molecule has 0 aliphatic rings. The van der Waals surface area contributed by atoms with Crippen LogP contribution in [-0.2, 0) is 20.6 Å². The van der Waals surface area contributed by atoms with E-state index >= 15 is 0 Å². The van der Waals surface area contributed by atoms with Crippen molar-refractivity contribution < 1.29 is 19.2 Å². The van der Waals surface area contributed by atoms with Crippen molar-refractivity contribution in [2.75, 3.05) is 19.1 Å². The SMILES string of the molecule is C[C@H](Cn1cnc2c(N)ncnc21)OC[P@](=O)(NC(C)(C)C(=O)O)N(C)[C@H](C)c1ccc(Cl)cc1. The Bertz CT molecular complexity index is 1230. The smallest absolute Gasteiger partial charge is 0.323 e. The van der Waals surface area contributed by atoms with Crippen molar-refractivity contribution in [3.8, 4) is 0 Å². The quantitative estimate of drug-likeness (QED) is 0.317. The predicted molar refractivity (Wildman–Crippen MR) is 135 cm³/mol. The number of nitrogens with zero attached hydrogens (tertiary/aromatic N) is 5. The summed E-state index contributed by atoms with van der Waals surface area (Å²) in [6.45, 7) is 7.01. The van der Waals surface area contributed by atoms with Crippen LogP contribution < -0.4 is 10.8 Å². The molecule has 0 unspecified atom stereocenters. The lowest BCUT2D eigenvalue weighted by atomic mass is 10.1. The number of nitrogen functional groups attached to an aromatic ring is 1. The number of nitrogens with two attached hydrogens (primary N) is 1. The summed E-state index contributed by atoms with van der Waals surface area (Å²) in [5.41, 5.74) is 6.33. The Morgan fingerprint density at radius 2 is 1.94 bits per heavy atom. The molecule has 35 heavy (non-hydrogen) atoms. The van der Waals surface area contributed by atoms with Gasteiger partial charge in [-0.1, -0.05) is 23.7 Å². The van der Waals surface area contributed by atoms with Gasteiger partial charge in [0.1, 0.15) is 23.7 Å². The molecular weight excluding hydrogens is 493 g/mol. The van der Waals surface area contributed by atoms with E-state index in [0.717, 1.165) is 5.56 Å². The minimum absolute atomic E-state index is 0.219. The van der Waals surface area contributed by atoms with Crippen LogP contribution in [0.3, 0.4) is 0 Å². The third kappa shape index (κ3) is 6.17. The summed E-state index contributed by atoms with van der Waals surface area (Å²) in [6, 6.07) is 6.89. The number of rotatable bonds is 11. The summed E-state index contributed by atoms with van der Waals surface area (Å²) in [6.07, 6.45) is 2.34. The molecule has 3 aromatic rings. The fourth-order valence-electron chi connectivity index (χ4n) is 3.51. The maximum atomic E-state index is 14.2. The average Bonchev–Trinajstić information content (AvgIpc) is 3.21. The Morgan fingerprint density at radius 1 is 1.29 bits per heavy atom. The molecule has 11 nitrogen and oxygen atoms in total. The molecule has 2 aromatic heterocycles. The normalized spacial score (nSPS) is 15.7. The van der Waals surface area contributed by atoms with E-state index in [0.29, 0.717) is 22.7 Å². The van der Waals surface area contributed by atoms with Crippen LogP contribution in [0.15, 0.2) is 36.9 Å². The fourth-order valence-corrected chi connectivity index (χ4v) is 6.16. The van der Waals surface area contributed by atoms with Crippen LogP contribution in [0.5, 0.6) is 0 Å². The van der Waals surface area contributed by atoms with Crippen molar-refractivity contribution in [1.29, 1.82) is 0 Å². The van der Waals surface area contributed by atoms with Crippen LogP contribution in [0.1, 0.15) is 39.3 Å². The molecule has 1 aromatic carbocycles. The molecule has 0 fully saturated rings. The van der Waals surface area contributed by atoms with Gasteiger partial charge >= 0.3 is 5.97 Å². The second-order valence-electron chi connectivity index (χ2n) is 8.98. The monoisotopic (exact) mass is 523 g/mol. The molecule has 0 spiro atoms. The lowest BCUT2D eigenvalue weighted by Gasteiger charge is -2.38. The number of carboxylic acids is 1. The highest BCUT2D eigenvalue weighted by atomic mass is 35.5. The second kappa shape index (κ2) is 10.6. The first-order valence-corrected chi connectivity index (χ1v) is 13.2. The lowest BCUT2D eigenvalue weighted by Crippen LogP contribution is -2.48. The molecule has 3 rings (SSSR count). The van der Waals surface area contributed by atoms with Crippen LogP contribution in [0.25, 0.3) is 11.2 Å². The van der Waals surface area contributed by atoms with E-state index < -0.39 is 25.1 Å². The van der Waals surface area contributed by atoms with Gasteiger partial charge in [0.15, 0.2) is 11.5 Å². The molecule has 0 radical (unpaired) electrons. The number of benzene rings is 1. The molecule has 0 aliphatic carbocycles. The van der Waals surface area contributed by atoms with E-state index in [1.165, 1.54) is 20.2 Å². The standard InChI is InChI=1S/C22H31ClN7O4P/c1-14(10-30-12-27-18-19(24)25-11-26-20(18)30)34-13-35(33,28-22(3,4)21(31)32)29(5)15(2)16-6-8-17(23)9-7-16/h6-9,11-12,14-15H,10,13H2,1-5H3,(H,28,33)(H,31,32)(H2,24,25,26)/t14-,15-,35+/m1/s1. The minimum atomic E-state index is -3.54. The van der Waals surface area contributed by atoms with E-state index in [-0.39, 0.29) is 18.2 Å². The summed E-state index contributed by atoms with van der Waals surface area (Å²) < 4.78 is 23.6. The van der Waals surface area contributed by atoms with Gasteiger partial charge < -0.3 is 20.1 Å². The van der Waals surface area contributed by atoms with Crippen LogP contribution in [-0.4, -0.2) is 60.3 Å². The third-order valence-corrected chi connectivity index (χ3v) is 8.85. The number of carbonyl (C=O) groups is 1. The molecule has 3 atom stereocenters. The van der Waals surface area contributed by atoms with Gasteiger partial charge in [-0.05, 0) is 52.4 Å². The Kier molecular flexibility index (Phi) is 8.18. The fraction of sp³-hybridized carbons (Fsp3) is 0.455.